The summed E-state index contributed by atoms with van der Waals surface area (Å²) in [5.41, 5.74) is 8.27. The van der Waals surface area contributed by atoms with Crippen molar-refractivity contribution < 1.29 is 0 Å². The smallest absolute Gasteiger partial charge is 0.0994 e. The van der Waals surface area contributed by atoms with Crippen LogP contribution in [-0.4, -0.2) is 33.1 Å². The van der Waals surface area contributed by atoms with Crippen molar-refractivity contribution in [1.82, 2.24) is 9.55 Å². The highest BCUT2D eigenvalue weighted by Crippen LogP contribution is 2.44. The summed E-state index contributed by atoms with van der Waals surface area (Å²) in [5.74, 6) is 1.06. The number of imidazole rings is 1. The van der Waals surface area contributed by atoms with E-state index in [0.717, 1.165) is 16.9 Å². The molecule has 2 nitrogen and oxygen atoms in total. The van der Waals surface area contributed by atoms with Gasteiger partial charge in [0.15, 0.2) is 0 Å². The average molecular weight is 496 g/mol. The number of para-hydroxylation sites is 2. The minimum absolute atomic E-state index is 0.144. The van der Waals surface area contributed by atoms with Crippen molar-refractivity contribution in [1.29, 1.82) is 0 Å². The molecule has 7 rings (SSSR count). The number of aromatic nitrogens is 2. The Hall–Kier alpha value is -4.50. The van der Waals surface area contributed by atoms with Crippen LogP contribution in [0.2, 0.25) is 0 Å². The van der Waals surface area contributed by atoms with E-state index in [-0.39, 0.29) is 5.11 Å². The Bertz CT molecular complexity index is 1990. The van der Waals surface area contributed by atoms with Gasteiger partial charge < -0.3 is 0 Å². The van der Waals surface area contributed by atoms with E-state index in [1.54, 1.807) is 0 Å². The molecule has 0 amide bonds. The van der Waals surface area contributed by atoms with Crippen LogP contribution in [-0.2, 0) is 5.11 Å². The molecule has 0 aliphatic heterocycles. The summed E-state index contributed by atoms with van der Waals surface area (Å²) in [6.07, 6.45) is 0. The van der Waals surface area contributed by atoms with Gasteiger partial charge in [-0.2, -0.15) is 0 Å². The Morgan fingerprint density at radius 1 is 0.513 bits per heavy atom. The molecule has 0 aliphatic carbocycles. The summed E-state index contributed by atoms with van der Waals surface area (Å²) in [6, 6.07) is 45.8. The van der Waals surface area contributed by atoms with E-state index in [1.165, 1.54) is 49.5 Å². The van der Waals surface area contributed by atoms with Gasteiger partial charge in [-0.1, -0.05) is 114 Å². The maximum atomic E-state index is 5.18. The van der Waals surface area contributed by atoms with Gasteiger partial charge in [0.25, 0.3) is 0 Å². The first-order valence-corrected chi connectivity index (χ1v) is 13.6. The first-order chi connectivity index (χ1) is 19.0. The molecule has 0 unspecified atom stereocenters. The van der Waals surface area contributed by atoms with E-state index in [4.69, 9.17) is 4.98 Å². The van der Waals surface area contributed by atoms with Crippen molar-refractivity contribution in [2.24, 2.45) is 0 Å². The van der Waals surface area contributed by atoms with Crippen LogP contribution in [0.5, 0.6) is 0 Å². The average Bonchev–Trinajstić information content (AvgIpc) is 3.36. The Balaban J connectivity index is 1.70. The summed E-state index contributed by atoms with van der Waals surface area (Å²) in [4.78, 5) is 5.18. The van der Waals surface area contributed by atoms with Crippen molar-refractivity contribution in [3.05, 3.63) is 133 Å². The standard InChI is InChI=1S/C34H27B3N2/c35-34(36,37)33-38-29-17-9-10-18-30(29)39(33)32-26-16-8-7-15-25(26)31(23-13-5-2-6-14-23)28-21-24(19-20-27(28)32)22-11-3-1-4-12-22/h1-21H,35-37H2. The molecule has 0 bridgehead atoms. The monoisotopic (exact) mass is 496 g/mol. The highest BCUT2D eigenvalue weighted by atomic mass is 15.1. The summed E-state index contributed by atoms with van der Waals surface area (Å²) in [5, 5.41) is 4.79. The summed E-state index contributed by atoms with van der Waals surface area (Å²) >= 11 is 0. The zero-order chi connectivity index (χ0) is 26.6. The van der Waals surface area contributed by atoms with Gasteiger partial charge in [-0.15, -0.1) is 0 Å². The van der Waals surface area contributed by atoms with Crippen molar-refractivity contribution in [2.45, 2.75) is 5.11 Å². The van der Waals surface area contributed by atoms with Crippen LogP contribution in [0.25, 0.3) is 60.5 Å². The molecule has 0 spiro atoms. The van der Waals surface area contributed by atoms with Gasteiger partial charge in [0, 0.05) is 10.8 Å². The van der Waals surface area contributed by atoms with Gasteiger partial charge in [0.1, 0.15) is 0 Å². The Kier molecular flexibility index (Phi) is 5.49. The molecule has 0 saturated heterocycles. The van der Waals surface area contributed by atoms with Crippen LogP contribution in [0, 0.1) is 0 Å². The second-order valence-electron chi connectivity index (χ2n) is 11.3. The van der Waals surface area contributed by atoms with Crippen molar-refractivity contribution in [3.8, 4) is 27.9 Å². The number of nitrogens with zero attached hydrogens (tertiary/aromatic N) is 2. The number of hydrogen-bond donors (Lipinski definition) is 0. The van der Waals surface area contributed by atoms with Crippen molar-refractivity contribution in [2.75, 3.05) is 0 Å². The zero-order valence-electron chi connectivity index (χ0n) is 22.5. The second-order valence-corrected chi connectivity index (χ2v) is 11.3. The maximum absolute atomic E-state index is 5.18. The largest absolute Gasteiger partial charge is 0.296 e. The van der Waals surface area contributed by atoms with Crippen LogP contribution >= 0.6 is 0 Å². The first-order valence-electron chi connectivity index (χ1n) is 13.6. The molecule has 1 aromatic heterocycles. The van der Waals surface area contributed by atoms with Crippen LogP contribution in [0.3, 0.4) is 0 Å². The first kappa shape index (κ1) is 23.6. The Morgan fingerprint density at radius 2 is 1.10 bits per heavy atom. The number of rotatable bonds is 4. The fraction of sp³-hybridized carbons (Fsp3) is 0.0294. The van der Waals surface area contributed by atoms with Crippen LogP contribution in [0.1, 0.15) is 5.82 Å². The number of hydrogen-bond acceptors (Lipinski definition) is 1. The second kappa shape index (κ2) is 9.06. The fourth-order valence-corrected chi connectivity index (χ4v) is 5.88. The van der Waals surface area contributed by atoms with Crippen LogP contribution < -0.4 is 0 Å². The summed E-state index contributed by atoms with van der Waals surface area (Å²) in [6.45, 7) is 0. The predicted octanol–water partition coefficient (Wildman–Crippen LogP) is 5.68. The normalized spacial score (nSPS) is 11.9. The fourth-order valence-electron chi connectivity index (χ4n) is 5.88. The van der Waals surface area contributed by atoms with Gasteiger partial charge >= 0.3 is 0 Å². The van der Waals surface area contributed by atoms with Crippen LogP contribution in [0.4, 0.5) is 0 Å². The van der Waals surface area contributed by atoms with Gasteiger partial charge in [0.05, 0.1) is 46.1 Å². The van der Waals surface area contributed by atoms with E-state index in [0.29, 0.717) is 0 Å². The minimum atomic E-state index is -0.144. The molecule has 0 atom stereocenters. The number of benzene rings is 6. The van der Waals surface area contributed by atoms with Gasteiger partial charge in [-0.25, -0.2) is 4.98 Å². The van der Waals surface area contributed by atoms with Crippen LogP contribution in [0.15, 0.2) is 127 Å². The molecule has 0 aliphatic rings. The van der Waals surface area contributed by atoms with E-state index in [2.05, 4.69) is 155 Å². The summed E-state index contributed by atoms with van der Waals surface area (Å²) < 4.78 is 2.41. The molecule has 5 heteroatoms. The van der Waals surface area contributed by atoms with E-state index in [9.17, 15) is 0 Å². The topological polar surface area (TPSA) is 17.8 Å². The third-order valence-electron chi connectivity index (χ3n) is 7.62. The molecule has 7 aromatic rings. The maximum Gasteiger partial charge on any atom is 0.0994 e. The van der Waals surface area contributed by atoms with E-state index >= 15 is 0 Å². The van der Waals surface area contributed by atoms with E-state index < -0.39 is 0 Å². The molecule has 0 radical (unpaired) electrons. The van der Waals surface area contributed by atoms with Gasteiger partial charge in [0.2, 0.25) is 0 Å². The SMILES string of the molecule is BC(B)(B)c1nc2ccccc2n1-c1c2ccccc2c(-c2ccccc2)c2cc(-c3ccccc3)ccc12. The third kappa shape index (κ3) is 3.89. The van der Waals surface area contributed by atoms with Gasteiger partial charge in [-0.05, 0) is 51.2 Å². The number of fused-ring (bicyclic) bond motifs is 3. The molecule has 0 fully saturated rings. The molecule has 0 saturated carbocycles. The lowest BCUT2D eigenvalue weighted by molar-refractivity contribution is 0.939. The molecule has 6 aromatic carbocycles. The lowest BCUT2D eigenvalue weighted by Crippen LogP contribution is -2.31. The minimum Gasteiger partial charge on any atom is -0.296 e. The lowest BCUT2D eigenvalue weighted by atomic mass is 9.42. The Morgan fingerprint density at radius 3 is 1.82 bits per heavy atom. The van der Waals surface area contributed by atoms with E-state index in [1.807, 2.05) is 0 Å². The molecule has 0 N–H and O–H groups in total. The van der Waals surface area contributed by atoms with Crippen molar-refractivity contribution >= 4 is 56.1 Å². The molecular formula is C34H27B3N2. The highest BCUT2D eigenvalue weighted by molar-refractivity contribution is 6.58. The van der Waals surface area contributed by atoms with Gasteiger partial charge in [-0.3, -0.25) is 4.57 Å². The molecular weight excluding hydrogens is 469 g/mol. The quantitative estimate of drug-likeness (QED) is 0.227. The zero-order valence-corrected chi connectivity index (χ0v) is 22.5. The Labute approximate surface area is 231 Å². The van der Waals surface area contributed by atoms with Crippen molar-refractivity contribution in [3.63, 3.8) is 0 Å². The lowest BCUT2D eigenvalue weighted by Gasteiger charge is -2.24. The molecule has 182 valence electrons. The molecule has 1 heterocycles. The third-order valence-corrected chi connectivity index (χ3v) is 7.62. The molecule has 39 heavy (non-hydrogen) atoms. The highest BCUT2D eigenvalue weighted by Gasteiger charge is 2.26. The summed E-state index contributed by atoms with van der Waals surface area (Å²) in [7, 11) is 6.75. The predicted molar refractivity (Wildman–Crippen MR) is 174 cm³/mol.